The lowest BCUT2D eigenvalue weighted by molar-refractivity contribution is 0.721. The summed E-state index contributed by atoms with van der Waals surface area (Å²) in [5.41, 5.74) is 8.36. The molecule has 0 aromatic carbocycles. The second-order valence-corrected chi connectivity index (χ2v) is 6.17. The number of hydrogen-bond donors (Lipinski definition) is 1. The van der Waals surface area contributed by atoms with Crippen LogP contribution in [-0.4, -0.2) is 31.6 Å². The minimum absolute atomic E-state index is 0.485. The Bertz CT molecular complexity index is 720. The lowest BCUT2D eigenvalue weighted by atomic mass is 10.0. The van der Waals surface area contributed by atoms with Crippen molar-refractivity contribution in [1.29, 1.82) is 0 Å². The third-order valence-corrected chi connectivity index (χ3v) is 4.09. The summed E-state index contributed by atoms with van der Waals surface area (Å²) in [6, 6.07) is 0. The quantitative estimate of drug-likeness (QED) is 0.580. The molecule has 0 fully saturated rings. The molecular formula is C19H23FN4S. The van der Waals surface area contributed by atoms with Crippen molar-refractivity contribution in [3.05, 3.63) is 70.7 Å². The maximum Gasteiger partial charge on any atom is 0.109 e. The number of hydrogen-bond acceptors (Lipinski definition) is 5. The molecule has 4 nitrogen and oxygen atoms in total. The van der Waals surface area contributed by atoms with Crippen LogP contribution in [0.3, 0.4) is 0 Å². The predicted octanol–water partition coefficient (Wildman–Crippen LogP) is 4.52. The van der Waals surface area contributed by atoms with E-state index in [1.807, 2.05) is 25.2 Å². The Morgan fingerprint density at radius 1 is 1.24 bits per heavy atom. The first kappa shape index (κ1) is 20.6. The molecule has 25 heavy (non-hydrogen) atoms. The molecule has 0 aliphatic carbocycles. The number of rotatable bonds is 5. The molecule has 0 atom stereocenters. The monoisotopic (exact) mass is 358 g/mol. The van der Waals surface area contributed by atoms with Gasteiger partial charge in [0.15, 0.2) is 0 Å². The van der Waals surface area contributed by atoms with Gasteiger partial charge in [0.1, 0.15) is 5.04 Å². The van der Waals surface area contributed by atoms with Crippen LogP contribution in [0.1, 0.15) is 13.3 Å². The minimum Gasteiger partial charge on any atom is -0.404 e. The Labute approximate surface area is 152 Å². The van der Waals surface area contributed by atoms with E-state index in [-0.39, 0.29) is 0 Å². The predicted molar refractivity (Wildman–Crippen MR) is 110 cm³/mol. The number of aliphatic imine (C=N–C) groups is 3. The fourth-order valence-electron chi connectivity index (χ4n) is 1.97. The highest BCUT2D eigenvalue weighted by Gasteiger charge is 2.08. The maximum atomic E-state index is 12.3. The Kier molecular flexibility index (Phi) is 9.85. The number of allylic oxidation sites excluding steroid dienone is 8. The van der Waals surface area contributed by atoms with Crippen molar-refractivity contribution in [2.24, 2.45) is 20.7 Å². The first-order valence-electron chi connectivity index (χ1n) is 7.68. The molecular weight excluding hydrogens is 335 g/mol. The zero-order valence-corrected chi connectivity index (χ0v) is 15.5. The van der Waals surface area contributed by atoms with Gasteiger partial charge in [0.25, 0.3) is 0 Å². The number of halogens is 1. The third kappa shape index (κ3) is 7.30. The Hall–Kier alpha value is -2.47. The summed E-state index contributed by atoms with van der Waals surface area (Å²) in [5, 5.41) is 0.746. The summed E-state index contributed by atoms with van der Waals surface area (Å²) < 4.78 is 12.3. The standard InChI is InChI=1S/C19H23FN4S/c1-15-8-9-16(18(12-21)14-23-3)7-5-11-24-19(25-15)17(13-22-2)6-4-10-20/h4-6,8-14H,7,21H2,1-3H3/b10-4+,11-5+,15-8+,16-9+,17-6+,18-12?,22-13?,23-14?,24-19-. The van der Waals surface area contributed by atoms with Gasteiger partial charge in [-0.2, -0.15) is 0 Å². The molecule has 0 radical (unpaired) electrons. The highest BCUT2D eigenvalue weighted by Crippen LogP contribution is 2.24. The SMILES string of the molecule is CN=CC(=CN)/C1=C/C=C(\C)SC(/C(C=NC)=C/C=C/F)=N\C=C\C1. The van der Waals surface area contributed by atoms with Crippen molar-refractivity contribution in [3.8, 4) is 0 Å². The molecule has 0 aromatic rings. The average molecular weight is 358 g/mol. The highest BCUT2D eigenvalue weighted by atomic mass is 32.2. The fourth-order valence-corrected chi connectivity index (χ4v) is 2.76. The van der Waals surface area contributed by atoms with E-state index in [0.717, 1.165) is 26.7 Å². The molecule has 0 saturated heterocycles. The van der Waals surface area contributed by atoms with E-state index in [2.05, 4.69) is 15.0 Å². The van der Waals surface area contributed by atoms with E-state index in [0.29, 0.717) is 12.8 Å². The van der Waals surface area contributed by atoms with Crippen molar-refractivity contribution >= 4 is 29.2 Å². The molecule has 6 heteroatoms. The van der Waals surface area contributed by atoms with Crippen LogP contribution in [0.15, 0.2) is 85.7 Å². The van der Waals surface area contributed by atoms with E-state index in [1.54, 1.807) is 45.0 Å². The molecule has 1 aliphatic rings. The Morgan fingerprint density at radius 3 is 2.60 bits per heavy atom. The summed E-state index contributed by atoms with van der Waals surface area (Å²) in [6.45, 7) is 1.99. The van der Waals surface area contributed by atoms with Crippen molar-refractivity contribution < 1.29 is 4.39 Å². The van der Waals surface area contributed by atoms with Gasteiger partial charge in [-0.3, -0.25) is 9.98 Å². The number of nitrogens with two attached hydrogens (primary N) is 1. The van der Waals surface area contributed by atoms with E-state index in [1.165, 1.54) is 17.8 Å². The van der Waals surface area contributed by atoms with Crippen LogP contribution in [0, 0.1) is 0 Å². The van der Waals surface area contributed by atoms with Crippen LogP contribution < -0.4 is 5.73 Å². The number of thioether (sulfide) groups is 1. The van der Waals surface area contributed by atoms with Crippen LogP contribution in [-0.2, 0) is 0 Å². The highest BCUT2D eigenvalue weighted by molar-refractivity contribution is 8.17. The van der Waals surface area contributed by atoms with E-state index >= 15 is 0 Å². The lowest BCUT2D eigenvalue weighted by Gasteiger charge is -2.09. The van der Waals surface area contributed by atoms with Gasteiger partial charge >= 0.3 is 0 Å². The second kappa shape index (κ2) is 12.0. The van der Waals surface area contributed by atoms with Gasteiger partial charge < -0.3 is 5.73 Å². The van der Waals surface area contributed by atoms with Gasteiger partial charge in [-0.1, -0.05) is 30.0 Å². The third-order valence-electron chi connectivity index (χ3n) is 3.09. The largest absolute Gasteiger partial charge is 0.404 e. The van der Waals surface area contributed by atoms with Gasteiger partial charge in [-0.15, -0.1) is 0 Å². The summed E-state index contributed by atoms with van der Waals surface area (Å²) in [6.07, 6.45) is 16.8. The molecule has 1 aliphatic heterocycles. The summed E-state index contributed by atoms with van der Waals surface area (Å²) in [7, 11) is 3.38. The van der Waals surface area contributed by atoms with Crippen LogP contribution >= 0.6 is 11.8 Å². The van der Waals surface area contributed by atoms with Crippen molar-refractivity contribution in [2.45, 2.75) is 13.3 Å². The Balaban J connectivity index is 3.21. The Morgan fingerprint density at radius 2 is 1.96 bits per heavy atom. The van der Waals surface area contributed by atoms with Crippen molar-refractivity contribution in [3.63, 3.8) is 0 Å². The number of nitrogens with zero attached hydrogens (tertiary/aromatic N) is 3. The molecule has 0 aromatic heterocycles. The van der Waals surface area contributed by atoms with Crippen LogP contribution in [0.4, 0.5) is 4.39 Å². The first-order valence-corrected chi connectivity index (χ1v) is 8.50. The summed E-state index contributed by atoms with van der Waals surface area (Å²) in [4.78, 5) is 13.6. The molecule has 2 N–H and O–H groups in total. The molecule has 0 saturated carbocycles. The van der Waals surface area contributed by atoms with E-state index in [9.17, 15) is 4.39 Å². The summed E-state index contributed by atoms with van der Waals surface area (Å²) in [5.74, 6) is 0. The minimum atomic E-state index is 0.485. The molecule has 132 valence electrons. The van der Waals surface area contributed by atoms with Crippen LogP contribution in [0.2, 0.25) is 0 Å². The molecule has 0 bridgehead atoms. The van der Waals surface area contributed by atoms with E-state index < -0.39 is 0 Å². The second-order valence-electron chi connectivity index (χ2n) is 4.93. The average Bonchev–Trinajstić information content (AvgIpc) is 2.62. The van der Waals surface area contributed by atoms with Gasteiger partial charge in [-0.05, 0) is 36.0 Å². The molecule has 1 heterocycles. The zero-order valence-electron chi connectivity index (χ0n) is 14.7. The fraction of sp³-hybridized carbons (Fsp3) is 0.211. The topological polar surface area (TPSA) is 63.1 Å². The van der Waals surface area contributed by atoms with Gasteiger partial charge in [-0.25, -0.2) is 9.38 Å². The van der Waals surface area contributed by atoms with Crippen LogP contribution in [0.5, 0.6) is 0 Å². The van der Waals surface area contributed by atoms with Crippen LogP contribution in [0.25, 0.3) is 0 Å². The first-order chi connectivity index (χ1) is 12.2. The molecule has 0 spiro atoms. The smallest absolute Gasteiger partial charge is 0.109 e. The maximum absolute atomic E-state index is 12.3. The normalized spacial score (nSPS) is 25.5. The molecule has 0 amide bonds. The molecule has 1 rings (SSSR count). The molecule has 0 unspecified atom stereocenters. The zero-order chi connectivity index (χ0) is 18.5. The van der Waals surface area contributed by atoms with Crippen molar-refractivity contribution in [2.75, 3.05) is 14.1 Å². The van der Waals surface area contributed by atoms with Crippen molar-refractivity contribution in [1.82, 2.24) is 0 Å². The van der Waals surface area contributed by atoms with Gasteiger partial charge in [0.2, 0.25) is 0 Å². The van der Waals surface area contributed by atoms with E-state index in [4.69, 9.17) is 5.73 Å². The summed E-state index contributed by atoms with van der Waals surface area (Å²) >= 11 is 1.49. The lowest BCUT2D eigenvalue weighted by Crippen LogP contribution is -2.00. The van der Waals surface area contributed by atoms with Gasteiger partial charge in [0, 0.05) is 50.1 Å². The van der Waals surface area contributed by atoms with Gasteiger partial charge in [0.05, 0.1) is 6.33 Å².